The SMILES string of the molecule is CCCOC(=O)Oc1c[nH]c2c(=O)[nH]c3cc(OC)c(S(=O)(=O)N(C)C4CC4)cc3c12. The van der Waals surface area contributed by atoms with Crippen LogP contribution < -0.4 is 15.0 Å². The van der Waals surface area contributed by atoms with Gasteiger partial charge in [0.05, 0.1) is 24.6 Å². The van der Waals surface area contributed by atoms with Gasteiger partial charge in [-0.15, -0.1) is 0 Å². The van der Waals surface area contributed by atoms with E-state index in [9.17, 15) is 18.0 Å². The first kappa shape index (κ1) is 21.2. The Bertz CT molecular complexity index is 1320. The van der Waals surface area contributed by atoms with Gasteiger partial charge in [0, 0.05) is 30.7 Å². The average molecular weight is 449 g/mol. The molecule has 3 aromatic rings. The van der Waals surface area contributed by atoms with Crippen LogP contribution in [0.1, 0.15) is 26.2 Å². The van der Waals surface area contributed by atoms with Gasteiger partial charge in [-0.25, -0.2) is 13.2 Å². The molecule has 0 unspecified atom stereocenters. The molecule has 1 saturated carbocycles. The van der Waals surface area contributed by atoms with Crippen molar-refractivity contribution in [3.63, 3.8) is 0 Å². The van der Waals surface area contributed by atoms with Crippen LogP contribution in [-0.4, -0.2) is 55.7 Å². The predicted octanol–water partition coefficient (Wildman–Crippen LogP) is 2.73. The number of nitrogens with zero attached hydrogens (tertiary/aromatic N) is 1. The van der Waals surface area contributed by atoms with Crippen LogP contribution in [0.3, 0.4) is 0 Å². The van der Waals surface area contributed by atoms with Crippen LogP contribution in [0.15, 0.2) is 28.0 Å². The van der Waals surface area contributed by atoms with Crippen molar-refractivity contribution in [2.45, 2.75) is 37.1 Å². The van der Waals surface area contributed by atoms with Gasteiger partial charge < -0.3 is 24.2 Å². The van der Waals surface area contributed by atoms with Crippen LogP contribution in [-0.2, 0) is 14.8 Å². The minimum absolute atomic E-state index is 0.0361. The maximum absolute atomic E-state index is 13.2. The Morgan fingerprint density at radius 3 is 2.65 bits per heavy atom. The van der Waals surface area contributed by atoms with Crippen molar-refractivity contribution in [2.75, 3.05) is 20.8 Å². The summed E-state index contributed by atoms with van der Waals surface area (Å²) >= 11 is 0. The van der Waals surface area contributed by atoms with Crippen LogP contribution in [0.5, 0.6) is 11.5 Å². The topological polar surface area (TPSA) is 131 Å². The molecule has 0 saturated heterocycles. The highest BCUT2D eigenvalue weighted by molar-refractivity contribution is 7.89. The van der Waals surface area contributed by atoms with E-state index in [1.54, 1.807) is 0 Å². The Balaban J connectivity index is 1.92. The lowest BCUT2D eigenvalue weighted by atomic mass is 10.1. The number of H-pyrrole nitrogens is 2. The van der Waals surface area contributed by atoms with E-state index in [2.05, 4.69) is 9.97 Å². The summed E-state index contributed by atoms with van der Waals surface area (Å²) in [5, 5.41) is 0.665. The Kier molecular flexibility index (Phi) is 5.40. The summed E-state index contributed by atoms with van der Waals surface area (Å²) in [6, 6.07) is 2.84. The van der Waals surface area contributed by atoms with Crippen molar-refractivity contribution in [3.05, 3.63) is 28.7 Å². The molecule has 31 heavy (non-hydrogen) atoms. The van der Waals surface area contributed by atoms with Gasteiger partial charge in [0.25, 0.3) is 5.56 Å². The van der Waals surface area contributed by atoms with E-state index in [-0.39, 0.29) is 39.9 Å². The van der Waals surface area contributed by atoms with Crippen molar-refractivity contribution < 1.29 is 27.4 Å². The molecule has 0 bridgehead atoms. The second kappa shape index (κ2) is 7.89. The van der Waals surface area contributed by atoms with Gasteiger partial charge in [-0.05, 0) is 25.3 Å². The van der Waals surface area contributed by atoms with Crippen molar-refractivity contribution in [1.82, 2.24) is 14.3 Å². The van der Waals surface area contributed by atoms with Crippen LogP contribution in [0.4, 0.5) is 4.79 Å². The molecule has 2 N–H and O–H groups in total. The van der Waals surface area contributed by atoms with Gasteiger partial charge in [0.1, 0.15) is 16.2 Å². The Morgan fingerprint density at radius 1 is 1.26 bits per heavy atom. The number of pyridine rings is 1. The molecular formula is C20H23N3O7S. The summed E-state index contributed by atoms with van der Waals surface area (Å²) in [5.41, 5.74) is 0.0376. The van der Waals surface area contributed by atoms with E-state index in [1.165, 1.54) is 36.8 Å². The molecule has 1 fully saturated rings. The molecule has 10 nitrogen and oxygen atoms in total. The van der Waals surface area contributed by atoms with Crippen molar-refractivity contribution in [1.29, 1.82) is 0 Å². The summed E-state index contributed by atoms with van der Waals surface area (Å²) in [7, 11) is -0.947. The number of methoxy groups -OCH3 is 1. The highest BCUT2D eigenvalue weighted by Crippen LogP contribution is 2.38. The first-order valence-electron chi connectivity index (χ1n) is 9.85. The lowest BCUT2D eigenvalue weighted by molar-refractivity contribution is 0.0997. The monoisotopic (exact) mass is 449 g/mol. The molecule has 2 heterocycles. The van der Waals surface area contributed by atoms with E-state index in [0.29, 0.717) is 17.3 Å². The third kappa shape index (κ3) is 3.74. The number of sulfonamides is 1. The summed E-state index contributed by atoms with van der Waals surface area (Å²) in [6.07, 6.45) is 2.69. The normalized spacial score (nSPS) is 14.3. The Morgan fingerprint density at radius 2 is 2.00 bits per heavy atom. The van der Waals surface area contributed by atoms with Gasteiger partial charge >= 0.3 is 6.16 Å². The Labute approximate surface area is 178 Å². The number of benzene rings is 1. The van der Waals surface area contributed by atoms with Crippen molar-refractivity contribution in [3.8, 4) is 11.5 Å². The molecular weight excluding hydrogens is 426 g/mol. The van der Waals surface area contributed by atoms with Gasteiger partial charge in [-0.1, -0.05) is 6.92 Å². The van der Waals surface area contributed by atoms with Crippen LogP contribution >= 0.6 is 0 Å². The zero-order valence-corrected chi connectivity index (χ0v) is 18.2. The molecule has 1 aliphatic rings. The average Bonchev–Trinajstić information content (AvgIpc) is 3.51. The van der Waals surface area contributed by atoms with Crippen LogP contribution in [0.25, 0.3) is 21.8 Å². The highest BCUT2D eigenvalue weighted by Gasteiger charge is 2.37. The summed E-state index contributed by atoms with van der Waals surface area (Å²) in [6.45, 7) is 2.04. The number of nitrogens with one attached hydrogen (secondary N) is 2. The second-order valence-corrected chi connectivity index (χ2v) is 9.32. The number of hydrogen-bond acceptors (Lipinski definition) is 7. The van der Waals surface area contributed by atoms with Gasteiger partial charge in [0.15, 0.2) is 5.75 Å². The quantitative estimate of drug-likeness (QED) is 0.530. The smallest absolute Gasteiger partial charge is 0.495 e. The fraction of sp³-hybridized carbons (Fsp3) is 0.400. The predicted molar refractivity (Wildman–Crippen MR) is 113 cm³/mol. The number of fused-ring (bicyclic) bond motifs is 3. The van der Waals surface area contributed by atoms with E-state index in [1.807, 2.05) is 6.92 Å². The van der Waals surface area contributed by atoms with Gasteiger partial charge in [-0.3, -0.25) is 4.79 Å². The van der Waals surface area contributed by atoms with E-state index < -0.39 is 21.7 Å². The minimum atomic E-state index is -3.85. The third-order valence-electron chi connectivity index (χ3n) is 5.23. The first-order chi connectivity index (χ1) is 14.8. The molecule has 1 aliphatic carbocycles. The lowest BCUT2D eigenvalue weighted by Gasteiger charge is -2.19. The number of carbonyl (C=O) groups excluding carboxylic acids is 1. The van der Waals surface area contributed by atoms with E-state index in [0.717, 1.165) is 12.8 Å². The number of hydrogen-bond donors (Lipinski definition) is 2. The minimum Gasteiger partial charge on any atom is -0.495 e. The third-order valence-corrected chi connectivity index (χ3v) is 7.16. The molecule has 0 radical (unpaired) electrons. The molecule has 0 spiro atoms. The number of rotatable bonds is 7. The molecule has 0 aliphatic heterocycles. The zero-order chi connectivity index (χ0) is 22.3. The standard InChI is InChI=1S/C20H23N3O7S/c1-4-7-29-20(25)30-15-10-21-18-17(15)12-8-16(31(26,27)23(2)11-5-6-11)14(28-3)9-13(12)22-19(18)24/h8-11,21H,4-7H2,1-3H3,(H,22,24). The highest BCUT2D eigenvalue weighted by atomic mass is 32.2. The van der Waals surface area contributed by atoms with Crippen molar-refractivity contribution >= 4 is 38.0 Å². The molecule has 0 amide bonds. The van der Waals surface area contributed by atoms with Crippen molar-refractivity contribution in [2.24, 2.45) is 0 Å². The fourth-order valence-electron chi connectivity index (χ4n) is 3.44. The number of aromatic amines is 2. The molecule has 1 aromatic carbocycles. The van der Waals surface area contributed by atoms with Crippen LogP contribution in [0, 0.1) is 0 Å². The van der Waals surface area contributed by atoms with E-state index in [4.69, 9.17) is 14.2 Å². The largest absolute Gasteiger partial charge is 0.513 e. The molecule has 166 valence electrons. The number of ether oxygens (including phenoxy) is 3. The summed E-state index contributed by atoms with van der Waals surface area (Å²) < 4.78 is 43.3. The molecule has 2 aromatic heterocycles. The fourth-order valence-corrected chi connectivity index (χ4v) is 5.02. The molecule has 0 atom stereocenters. The summed E-state index contributed by atoms with van der Waals surface area (Å²) in [5.74, 6) is 0.173. The second-order valence-electron chi connectivity index (χ2n) is 7.36. The maximum Gasteiger partial charge on any atom is 0.513 e. The molecule has 11 heteroatoms. The van der Waals surface area contributed by atoms with E-state index >= 15 is 0 Å². The first-order valence-corrected chi connectivity index (χ1v) is 11.3. The summed E-state index contributed by atoms with van der Waals surface area (Å²) in [4.78, 5) is 29.9. The zero-order valence-electron chi connectivity index (χ0n) is 17.4. The lowest BCUT2D eigenvalue weighted by Crippen LogP contribution is -2.29. The number of carbonyl (C=O) groups is 1. The van der Waals surface area contributed by atoms with Gasteiger partial charge in [-0.2, -0.15) is 4.31 Å². The maximum atomic E-state index is 13.2. The number of aromatic nitrogens is 2. The Hall–Kier alpha value is -3.05. The molecule has 4 rings (SSSR count). The van der Waals surface area contributed by atoms with Gasteiger partial charge in [0.2, 0.25) is 10.0 Å². The van der Waals surface area contributed by atoms with Crippen LogP contribution in [0.2, 0.25) is 0 Å².